The highest BCUT2D eigenvalue weighted by Crippen LogP contribution is 2.47. The number of aromatic nitrogens is 3. The number of aromatic carboxylic acids is 1. The molecule has 0 spiro atoms. The molecule has 3 atom stereocenters. The van der Waals surface area contributed by atoms with E-state index in [1.807, 2.05) is 18.2 Å². The zero-order valence-corrected chi connectivity index (χ0v) is 22.4. The second-order valence-corrected chi connectivity index (χ2v) is 11.4. The lowest BCUT2D eigenvalue weighted by Gasteiger charge is -2.40. The van der Waals surface area contributed by atoms with Crippen molar-refractivity contribution in [3.05, 3.63) is 65.0 Å². The van der Waals surface area contributed by atoms with E-state index in [1.54, 1.807) is 17.8 Å². The predicted molar refractivity (Wildman–Crippen MR) is 144 cm³/mol. The molecule has 2 aromatic carbocycles. The number of rotatable bonds is 7. The Morgan fingerprint density at radius 1 is 1.10 bits per heavy atom. The third-order valence-corrected chi connectivity index (χ3v) is 8.74. The third-order valence-electron chi connectivity index (χ3n) is 8.74. The summed E-state index contributed by atoms with van der Waals surface area (Å²) < 4.78 is 55.1. The standard InChI is InChI=1S/C30H29F3N4O4/c1-36-25-14-19(10-11-22(25)27(34-36)29(38)39)37-17-8-9-18(37)13-20(12-17)40-15-23-26(35-41-28(23)16-6-7-16)21-4-2-3-5-24(21)30(31,32)33/h2-5,10-11,14,16-18,20H,6-9,12-13,15H2,1H3,(H,38,39)/t17-,18?,20?/m0/s1. The Morgan fingerprint density at radius 2 is 1.83 bits per heavy atom. The molecule has 1 N–H and O–H groups in total. The number of fused-ring (bicyclic) bond motifs is 3. The molecule has 1 saturated carbocycles. The molecule has 8 nitrogen and oxygen atoms in total. The van der Waals surface area contributed by atoms with Crippen molar-refractivity contribution >= 4 is 22.6 Å². The highest BCUT2D eigenvalue weighted by atomic mass is 19.4. The van der Waals surface area contributed by atoms with Crippen LogP contribution in [0.3, 0.4) is 0 Å². The fourth-order valence-electron chi connectivity index (χ4n) is 6.73. The van der Waals surface area contributed by atoms with Crippen LogP contribution in [0.4, 0.5) is 18.9 Å². The molecule has 2 aromatic heterocycles. The summed E-state index contributed by atoms with van der Waals surface area (Å²) in [6.07, 6.45) is 0.916. The molecule has 2 aliphatic heterocycles. The average Bonchev–Trinajstić information content (AvgIpc) is 3.53. The molecule has 11 heteroatoms. The first-order valence-electron chi connectivity index (χ1n) is 13.9. The number of nitrogens with zero attached hydrogens (tertiary/aromatic N) is 4. The first-order chi connectivity index (χ1) is 19.7. The maximum absolute atomic E-state index is 13.8. The number of ether oxygens (including phenoxy) is 1. The van der Waals surface area contributed by atoms with Gasteiger partial charge in [0.1, 0.15) is 11.5 Å². The normalized spacial score (nSPS) is 22.5. The highest BCUT2D eigenvalue weighted by Gasteiger charge is 2.42. The summed E-state index contributed by atoms with van der Waals surface area (Å²) in [5.74, 6) is -0.235. The molecule has 0 amide bonds. The topological polar surface area (TPSA) is 93.6 Å². The van der Waals surface area contributed by atoms with Gasteiger partial charge in [0.25, 0.3) is 0 Å². The van der Waals surface area contributed by atoms with Crippen molar-refractivity contribution in [2.24, 2.45) is 7.05 Å². The summed E-state index contributed by atoms with van der Waals surface area (Å²) in [6, 6.07) is 11.8. The minimum absolute atomic E-state index is 0.0146. The van der Waals surface area contributed by atoms with Gasteiger partial charge in [-0.05, 0) is 62.8 Å². The molecule has 3 aliphatic rings. The fourth-order valence-corrected chi connectivity index (χ4v) is 6.73. The largest absolute Gasteiger partial charge is 0.476 e. The number of halogens is 3. The van der Waals surface area contributed by atoms with Gasteiger partial charge < -0.3 is 19.3 Å². The molecule has 2 saturated heterocycles. The SMILES string of the molecule is Cn1nc(C(=O)O)c2ccc(N3C4CC[C@H]3CC(OCc3c(-c5ccccc5C(F)(F)F)noc3C3CC3)C4)cc21. The summed E-state index contributed by atoms with van der Waals surface area (Å²) in [5.41, 5.74) is 1.96. The smallest absolute Gasteiger partial charge is 0.417 e. The van der Waals surface area contributed by atoms with Crippen LogP contribution in [0.15, 0.2) is 47.0 Å². The third kappa shape index (κ3) is 4.56. The second kappa shape index (κ2) is 9.61. The first-order valence-corrected chi connectivity index (χ1v) is 13.9. The molecule has 4 heterocycles. The van der Waals surface area contributed by atoms with Crippen LogP contribution in [0.25, 0.3) is 22.2 Å². The Balaban J connectivity index is 1.11. The summed E-state index contributed by atoms with van der Waals surface area (Å²) in [4.78, 5) is 14.0. The van der Waals surface area contributed by atoms with Gasteiger partial charge >= 0.3 is 12.1 Å². The van der Waals surface area contributed by atoms with Crippen molar-refractivity contribution in [2.45, 2.75) is 75.4 Å². The Labute approximate surface area is 233 Å². The van der Waals surface area contributed by atoms with Crippen LogP contribution in [0.1, 0.15) is 71.8 Å². The molecule has 7 rings (SSSR count). The molecule has 4 aromatic rings. The number of aryl methyl sites for hydroxylation is 1. The number of hydrogen-bond acceptors (Lipinski definition) is 6. The van der Waals surface area contributed by atoms with Gasteiger partial charge in [-0.25, -0.2) is 4.79 Å². The van der Waals surface area contributed by atoms with E-state index in [-0.39, 0.29) is 47.7 Å². The summed E-state index contributed by atoms with van der Waals surface area (Å²) >= 11 is 0. The Hall–Kier alpha value is -3.86. The van der Waals surface area contributed by atoms with E-state index in [4.69, 9.17) is 9.26 Å². The molecule has 2 unspecified atom stereocenters. The molecule has 214 valence electrons. The lowest BCUT2D eigenvalue weighted by Crippen LogP contribution is -2.45. The van der Waals surface area contributed by atoms with Gasteiger partial charge in [0.2, 0.25) is 0 Å². The van der Waals surface area contributed by atoms with Crippen LogP contribution >= 0.6 is 0 Å². The van der Waals surface area contributed by atoms with Crippen LogP contribution in [0.5, 0.6) is 0 Å². The molecule has 3 fully saturated rings. The van der Waals surface area contributed by atoms with E-state index in [0.717, 1.165) is 55.8 Å². The number of anilines is 1. The zero-order chi connectivity index (χ0) is 28.5. The quantitative estimate of drug-likeness (QED) is 0.272. The number of benzene rings is 2. The number of piperidine rings is 1. The lowest BCUT2D eigenvalue weighted by molar-refractivity contribution is -0.137. The van der Waals surface area contributed by atoms with Gasteiger partial charge in [0.05, 0.1) is 23.8 Å². The van der Waals surface area contributed by atoms with Crippen molar-refractivity contribution in [1.29, 1.82) is 0 Å². The Morgan fingerprint density at radius 3 is 2.51 bits per heavy atom. The second-order valence-electron chi connectivity index (χ2n) is 11.4. The molecular formula is C30H29F3N4O4. The van der Waals surface area contributed by atoms with Crippen LogP contribution in [-0.4, -0.2) is 44.2 Å². The van der Waals surface area contributed by atoms with Gasteiger partial charge in [-0.2, -0.15) is 18.3 Å². The number of hydrogen-bond donors (Lipinski definition) is 1. The van der Waals surface area contributed by atoms with E-state index in [0.29, 0.717) is 16.7 Å². The van der Waals surface area contributed by atoms with E-state index in [9.17, 15) is 23.1 Å². The average molecular weight is 567 g/mol. The van der Waals surface area contributed by atoms with Crippen molar-refractivity contribution in [1.82, 2.24) is 14.9 Å². The summed E-state index contributed by atoms with van der Waals surface area (Å²) in [6.45, 7) is 0.153. The Bertz CT molecular complexity index is 1630. The van der Waals surface area contributed by atoms with E-state index in [1.165, 1.54) is 12.1 Å². The number of carboxylic acid groups (broad SMARTS) is 1. The van der Waals surface area contributed by atoms with Crippen molar-refractivity contribution in [3.63, 3.8) is 0 Å². The van der Waals surface area contributed by atoms with E-state index < -0.39 is 17.7 Å². The van der Waals surface area contributed by atoms with E-state index in [2.05, 4.69) is 15.2 Å². The van der Waals surface area contributed by atoms with Gasteiger partial charge in [-0.1, -0.05) is 23.4 Å². The van der Waals surface area contributed by atoms with Crippen LogP contribution in [0, 0.1) is 0 Å². The van der Waals surface area contributed by atoms with Crippen molar-refractivity contribution in [2.75, 3.05) is 4.90 Å². The fraction of sp³-hybridized carbons (Fsp3) is 0.433. The van der Waals surface area contributed by atoms with Gasteiger partial charge in [-0.3, -0.25) is 4.68 Å². The minimum Gasteiger partial charge on any atom is -0.476 e. The summed E-state index contributed by atoms with van der Waals surface area (Å²) in [5, 5.41) is 18.4. The highest BCUT2D eigenvalue weighted by molar-refractivity contribution is 6.02. The van der Waals surface area contributed by atoms with Crippen LogP contribution < -0.4 is 4.90 Å². The maximum Gasteiger partial charge on any atom is 0.417 e. The molecule has 1 aliphatic carbocycles. The maximum atomic E-state index is 13.8. The first kappa shape index (κ1) is 26.1. The zero-order valence-electron chi connectivity index (χ0n) is 22.4. The summed E-state index contributed by atoms with van der Waals surface area (Å²) in [7, 11) is 1.75. The predicted octanol–water partition coefficient (Wildman–Crippen LogP) is 6.54. The molecule has 2 bridgehead atoms. The molecule has 0 radical (unpaired) electrons. The van der Waals surface area contributed by atoms with Crippen molar-refractivity contribution < 1.29 is 32.3 Å². The number of carbonyl (C=O) groups is 1. The molecular weight excluding hydrogens is 537 g/mol. The Kier molecular flexibility index (Phi) is 6.11. The van der Waals surface area contributed by atoms with Crippen LogP contribution in [0.2, 0.25) is 0 Å². The van der Waals surface area contributed by atoms with E-state index >= 15 is 0 Å². The number of carboxylic acids is 1. The minimum atomic E-state index is -4.51. The van der Waals surface area contributed by atoms with Crippen molar-refractivity contribution in [3.8, 4) is 11.3 Å². The number of alkyl halides is 3. The van der Waals surface area contributed by atoms with Crippen LogP contribution in [-0.2, 0) is 24.6 Å². The van der Waals surface area contributed by atoms with Gasteiger partial charge in [-0.15, -0.1) is 0 Å². The monoisotopic (exact) mass is 566 g/mol. The molecule has 41 heavy (non-hydrogen) atoms. The lowest BCUT2D eigenvalue weighted by atomic mass is 9.97. The van der Waals surface area contributed by atoms with Gasteiger partial charge in [0, 0.05) is 47.2 Å². The van der Waals surface area contributed by atoms with Gasteiger partial charge in [0.15, 0.2) is 5.69 Å².